The number of hydrogen-bond donors (Lipinski definition) is 2. The standard InChI is InChI=1S/C17H24N4O4S/c1-10(2)7-13(18)16-20-21-17(25-16)26(23,24)9-15(22)19-14-8-11(3)5-6-12(14)4/h5-6,8,10,13H,7,9,18H2,1-4H3,(H,19,22). The van der Waals surface area contributed by atoms with E-state index in [9.17, 15) is 13.2 Å². The first-order valence-electron chi connectivity index (χ1n) is 8.27. The van der Waals surface area contributed by atoms with E-state index in [1.54, 1.807) is 6.07 Å². The summed E-state index contributed by atoms with van der Waals surface area (Å²) in [6.45, 7) is 7.66. The fourth-order valence-corrected chi connectivity index (χ4v) is 3.31. The van der Waals surface area contributed by atoms with Gasteiger partial charge in [0.15, 0.2) is 0 Å². The predicted molar refractivity (Wildman–Crippen MR) is 97.3 cm³/mol. The highest BCUT2D eigenvalue weighted by atomic mass is 32.2. The molecular formula is C17H24N4O4S. The Morgan fingerprint density at radius 1 is 1.27 bits per heavy atom. The summed E-state index contributed by atoms with van der Waals surface area (Å²) < 4.78 is 29.9. The molecular weight excluding hydrogens is 356 g/mol. The monoisotopic (exact) mass is 380 g/mol. The van der Waals surface area contributed by atoms with Gasteiger partial charge in [-0.15, -0.1) is 5.10 Å². The van der Waals surface area contributed by atoms with E-state index in [2.05, 4.69) is 15.5 Å². The van der Waals surface area contributed by atoms with Crippen LogP contribution in [-0.4, -0.2) is 30.3 Å². The molecule has 0 aliphatic heterocycles. The van der Waals surface area contributed by atoms with Crippen LogP contribution in [0.4, 0.5) is 5.69 Å². The Hall–Kier alpha value is -2.26. The first kappa shape index (κ1) is 20.1. The van der Waals surface area contributed by atoms with E-state index in [-0.39, 0.29) is 5.89 Å². The van der Waals surface area contributed by atoms with Crippen LogP contribution in [0, 0.1) is 19.8 Å². The Balaban J connectivity index is 2.09. The van der Waals surface area contributed by atoms with E-state index in [0.29, 0.717) is 18.0 Å². The molecule has 2 rings (SSSR count). The van der Waals surface area contributed by atoms with E-state index in [4.69, 9.17) is 10.2 Å². The molecule has 1 amide bonds. The van der Waals surface area contributed by atoms with Gasteiger partial charge < -0.3 is 15.5 Å². The fourth-order valence-electron chi connectivity index (χ4n) is 2.40. The highest BCUT2D eigenvalue weighted by molar-refractivity contribution is 7.91. The van der Waals surface area contributed by atoms with Crippen molar-refractivity contribution >= 4 is 21.4 Å². The molecule has 26 heavy (non-hydrogen) atoms. The van der Waals surface area contributed by atoms with Gasteiger partial charge in [0, 0.05) is 5.69 Å². The van der Waals surface area contributed by atoms with Crippen LogP contribution >= 0.6 is 0 Å². The number of hydrogen-bond acceptors (Lipinski definition) is 7. The van der Waals surface area contributed by atoms with Crippen molar-refractivity contribution in [3.63, 3.8) is 0 Å². The molecule has 0 spiro atoms. The molecule has 0 saturated heterocycles. The van der Waals surface area contributed by atoms with Crippen molar-refractivity contribution in [2.75, 3.05) is 11.1 Å². The Labute approximate surface area is 153 Å². The molecule has 3 N–H and O–H groups in total. The van der Waals surface area contributed by atoms with Gasteiger partial charge in [0.2, 0.25) is 21.6 Å². The lowest BCUT2D eigenvalue weighted by Gasteiger charge is -2.09. The number of benzene rings is 1. The van der Waals surface area contributed by atoms with Crippen LogP contribution in [0.3, 0.4) is 0 Å². The van der Waals surface area contributed by atoms with Gasteiger partial charge in [0.05, 0.1) is 6.04 Å². The summed E-state index contributed by atoms with van der Waals surface area (Å²) in [5.41, 5.74) is 8.27. The number of aryl methyl sites for hydroxylation is 2. The third kappa shape index (κ3) is 5.12. The van der Waals surface area contributed by atoms with E-state index >= 15 is 0 Å². The molecule has 0 saturated carbocycles. The van der Waals surface area contributed by atoms with Gasteiger partial charge in [-0.2, -0.15) is 0 Å². The lowest BCUT2D eigenvalue weighted by molar-refractivity contribution is -0.113. The average molecular weight is 380 g/mol. The second-order valence-electron chi connectivity index (χ2n) is 6.77. The van der Waals surface area contributed by atoms with Crippen molar-refractivity contribution < 1.29 is 17.6 Å². The lowest BCUT2D eigenvalue weighted by Crippen LogP contribution is -2.23. The minimum atomic E-state index is -4.05. The van der Waals surface area contributed by atoms with Crippen LogP contribution in [-0.2, 0) is 14.6 Å². The molecule has 2 aromatic rings. The number of carbonyl (C=O) groups excluding carboxylic acids is 1. The van der Waals surface area contributed by atoms with E-state index in [0.717, 1.165) is 11.1 Å². The summed E-state index contributed by atoms with van der Waals surface area (Å²) in [6.07, 6.45) is 0.578. The predicted octanol–water partition coefficient (Wildman–Crippen LogP) is 2.14. The van der Waals surface area contributed by atoms with Gasteiger partial charge >= 0.3 is 5.22 Å². The van der Waals surface area contributed by atoms with Crippen LogP contribution in [0.15, 0.2) is 27.8 Å². The third-order valence-electron chi connectivity index (χ3n) is 3.72. The largest absolute Gasteiger partial charge is 0.411 e. The zero-order chi connectivity index (χ0) is 19.5. The third-order valence-corrected chi connectivity index (χ3v) is 5.06. The molecule has 142 valence electrons. The van der Waals surface area contributed by atoms with Crippen molar-refractivity contribution in [3.8, 4) is 0 Å². The Kier molecular flexibility index (Phi) is 6.14. The Bertz CT molecular complexity index is 890. The Morgan fingerprint density at radius 3 is 2.62 bits per heavy atom. The summed E-state index contributed by atoms with van der Waals surface area (Å²) in [5, 5.41) is 9.25. The molecule has 0 aliphatic carbocycles. The quantitative estimate of drug-likeness (QED) is 0.753. The SMILES string of the molecule is Cc1ccc(C)c(NC(=O)CS(=O)(=O)c2nnc(C(N)CC(C)C)o2)c1. The summed E-state index contributed by atoms with van der Waals surface area (Å²) in [4.78, 5) is 12.1. The summed E-state index contributed by atoms with van der Waals surface area (Å²) in [5.74, 6) is -1.13. The zero-order valence-electron chi connectivity index (χ0n) is 15.3. The smallest absolute Gasteiger partial charge is 0.336 e. The van der Waals surface area contributed by atoms with Crippen LogP contribution in [0.1, 0.15) is 43.3 Å². The molecule has 0 radical (unpaired) electrons. The highest BCUT2D eigenvalue weighted by Crippen LogP contribution is 2.20. The van der Waals surface area contributed by atoms with Crippen LogP contribution in [0.2, 0.25) is 0 Å². The minimum Gasteiger partial charge on any atom is -0.411 e. The second-order valence-corrected chi connectivity index (χ2v) is 8.64. The maximum Gasteiger partial charge on any atom is 0.336 e. The van der Waals surface area contributed by atoms with Gasteiger partial charge in [-0.1, -0.05) is 31.1 Å². The molecule has 0 fully saturated rings. The molecule has 1 heterocycles. The van der Waals surface area contributed by atoms with Crippen molar-refractivity contribution in [1.82, 2.24) is 10.2 Å². The summed E-state index contributed by atoms with van der Waals surface area (Å²) >= 11 is 0. The number of nitrogens with two attached hydrogens (primary N) is 1. The van der Waals surface area contributed by atoms with Gasteiger partial charge in [0.1, 0.15) is 5.75 Å². The topological polar surface area (TPSA) is 128 Å². The number of carbonyl (C=O) groups is 1. The molecule has 1 aromatic carbocycles. The molecule has 1 unspecified atom stereocenters. The fraction of sp³-hybridized carbons (Fsp3) is 0.471. The van der Waals surface area contributed by atoms with Gasteiger partial charge in [-0.3, -0.25) is 4.79 Å². The van der Waals surface area contributed by atoms with Crippen molar-refractivity contribution in [2.45, 2.75) is 45.4 Å². The first-order valence-corrected chi connectivity index (χ1v) is 9.92. The summed E-state index contributed by atoms with van der Waals surface area (Å²) in [7, 11) is -4.05. The number of nitrogens with one attached hydrogen (secondary N) is 1. The molecule has 0 bridgehead atoms. The van der Waals surface area contributed by atoms with Crippen molar-refractivity contribution in [1.29, 1.82) is 0 Å². The average Bonchev–Trinajstić information content (AvgIpc) is 3.00. The molecule has 1 aromatic heterocycles. The number of sulfone groups is 1. The number of nitrogens with zero attached hydrogens (tertiary/aromatic N) is 2. The Morgan fingerprint density at radius 2 is 1.96 bits per heavy atom. The van der Waals surface area contributed by atoms with Gasteiger partial charge in [-0.25, -0.2) is 8.42 Å². The molecule has 8 nitrogen and oxygen atoms in total. The molecule has 9 heteroatoms. The van der Waals surface area contributed by atoms with E-state index in [1.807, 2.05) is 39.8 Å². The minimum absolute atomic E-state index is 0.0483. The number of rotatable bonds is 7. The van der Waals surface area contributed by atoms with E-state index < -0.39 is 32.8 Å². The maximum absolute atomic E-state index is 12.3. The lowest BCUT2D eigenvalue weighted by atomic mass is 10.1. The van der Waals surface area contributed by atoms with Gasteiger partial charge in [0.25, 0.3) is 0 Å². The molecule has 0 aliphatic rings. The van der Waals surface area contributed by atoms with Gasteiger partial charge in [-0.05, 0) is 43.4 Å². The van der Waals surface area contributed by atoms with E-state index in [1.165, 1.54) is 0 Å². The van der Waals surface area contributed by atoms with Crippen molar-refractivity contribution in [2.24, 2.45) is 11.7 Å². The highest BCUT2D eigenvalue weighted by Gasteiger charge is 2.27. The van der Waals surface area contributed by atoms with Crippen LogP contribution < -0.4 is 11.1 Å². The van der Waals surface area contributed by atoms with Crippen molar-refractivity contribution in [3.05, 3.63) is 35.2 Å². The van der Waals surface area contributed by atoms with Crippen LogP contribution in [0.5, 0.6) is 0 Å². The van der Waals surface area contributed by atoms with Crippen LogP contribution in [0.25, 0.3) is 0 Å². The first-order chi connectivity index (χ1) is 12.1. The summed E-state index contributed by atoms with van der Waals surface area (Å²) in [6, 6.07) is 4.98. The number of aromatic nitrogens is 2. The molecule has 1 atom stereocenters. The second kappa shape index (κ2) is 7.96. The maximum atomic E-state index is 12.3. The number of amides is 1. The number of anilines is 1. The zero-order valence-corrected chi connectivity index (χ0v) is 16.1. The normalized spacial score (nSPS) is 13.0.